The first-order valence-corrected chi connectivity index (χ1v) is 8.25. The molecule has 0 heterocycles. The van der Waals surface area contributed by atoms with Gasteiger partial charge in [-0.25, -0.2) is 0 Å². The number of hydrogen-bond donors (Lipinski definition) is 2. The van der Waals surface area contributed by atoms with Gasteiger partial charge in [0.1, 0.15) is 0 Å². The maximum atomic E-state index is 12.7. The van der Waals surface area contributed by atoms with E-state index in [1.807, 2.05) is 6.92 Å². The second kappa shape index (κ2) is 8.87. The predicted octanol–water partition coefficient (Wildman–Crippen LogP) is 3.39. The number of aliphatic imine (C=N–C) groups is 1. The third-order valence-electron chi connectivity index (χ3n) is 4.43. The average Bonchev–Trinajstić information content (AvgIpc) is 2.41. The lowest BCUT2D eigenvalue weighted by atomic mass is 9.81. The minimum Gasteiger partial charge on any atom is -0.323 e. The van der Waals surface area contributed by atoms with E-state index in [4.69, 9.17) is 5.73 Å². The van der Waals surface area contributed by atoms with Gasteiger partial charge >= 0.3 is 6.18 Å². The summed E-state index contributed by atoms with van der Waals surface area (Å²) in [6.45, 7) is 7.57. The van der Waals surface area contributed by atoms with Gasteiger partial charge in [-0.15, -0.1) is 0 Å². The van der Waals surface area contributed by atoms with E-state index >= 15 is 0 Å². The maximum Gasteiger partial charge on any atom is 0.391 e. The highest BCUT2D eigenvalue weighted by molar-refractivity contribution is 5.63. The lowest BCUT2D eigenvalue weighted by Crippen LogP contribution is -2.41. The summed E-state index contributed by atoms with van der Waals surface area (Å²) in [5, 5.41) is 3.48. The Bertz CT molecular complexity index is 332. The first-order chi connectivity index (χ1) is 10.2. The SMILES string of the molecule is CC(N)C=NC[C@@H](NCC1CCC(C(F)(F)F)CC1)C(C)C. The van der Waals surface area contributed by atoms with Gasteiger partial charge in [0.25, 0.3) is 0 Å². The molecule has 0 aromatic rings. The smallest absolute Gasteiger partial charge is 0.323 e. The van der Waals surface area contributed by atoms with Crippen molar-refractivity contribution < 1.29 is 13.2 Å². The minimum absolute atomic E-state index is 0.0505. The van der Waals surface area contributed by atoms with Gasteiger partial charge in [-0.05, 0) is 51.0 Å². The predicted molar refractivity (Wildman–Crippen MR) is 85.1 cm³/mol. The van der Waals surface area contributed by atoms with Crippen LogP contribution < -0.4 is 11.1 Å². The highest BCUT2D eigenvalue weighted by Crippen LogP contribution is 2.39. The van der Waals surface area contributed by atoms with E-state index in [1.165, 1.54) is 0 Å². The fourth-order valence-corrected chi connectivity index (χ4v) is 2.86. The Morgan fingerprint density at radius 2 is 1.77 bits per heavy atom. The molecule has 6 heteroatoms. The van der Waals surface area contributed by atoms with Crippen LogP contribution in [0.2, 0.25) is 0 Å². The third-order valence-corrected chi connectivity index (χ3v) is 4.43. The van der Waals surface area contributed by atoms with Crippen LogP contribution in [0.3, 0.4) is 0 Å². The topological polar surface area (TPSA) is 50.4 Å². The summed E-state index contributed by atoms with van der Waals surface area (Å²) >= 11 is 0. The van der Waals surface area contributed by atoms with Crippen molar-refractivity contribution in [2.75, 3.05) is 13.1 Å². The fourth-order valence-electron chi connectivity index (χ4n) is 2.86. The fraction of sp³-hybridized carbons (Fsp3) is 0.938. The highest BCUT2D eigenvalue weighted by Gasteiger charge is 2.41. The largest absolute Gasteiger partial charge is 0.391 e. The second-order valence-corrected chi connectivity index (χ2v) is 6.89. The summed E-state index contributed by atoms with van der Waals surface area (Å²) in [6, 6.07) is 0.195. The summed E-state index contributed by atoms with van der Waals surface area (Å²) in [6.07, 6.45) is -0.426. The number of halogens is 3. The average molecular weight is 321 g/mol. The van der Waals surface area contributed by atoms with Gasteiger partial charge in [0.05, 0.1) is 12.5 Å². The highest BCUT2D eigenvalue weighted by atomic mass is 19.4. The van der Waals surface area contributed by atoms with Gasteiger partial charge in [-0.2, -0.15) is 13.2 Å². The van der Waals surface area contributed by atoms with E-state index in [2.05, 4.69) is 24.2 Å². The van der Waals surface area contributed by atoms with Crippen LogP contribution >= 0.6 is 0 Å². The van der Waals surface area contributed by atoms with Crippen molar-refractivity contribution in [2.24, 2.45) is 28.5 Å². The molecule has 1 unspecified atom stereocenters. The zero-order valence-electron chi connectivity index (χ0n) is 13.9. The molecule has 1 fully saturated rings. The minimum atomic E-state index is -4.02. The summed E-state index contributed by atoms with van der Waals surface area (Å²) in [7, 11) is 0. The molecule has 1 saturated carbocycles. The van der Waals surface area contributed by atoms with Crippen molar-refractivity contribution in [3.05, 3.63) is 0 Å². The van der Waals surface area contributed by atoms with E-state index in [0.29, 0.717) is 31.2 Å². The Morgan fingerprint density at radius 3 is 2.23 bits per heavy atom. The van der Waals surface area contributed by atoms with E-state index in [9.17, 15) is 13.2 Å². The normalized spacial score (nSPS) is 26.5. The number of rotatable bonds is 7. The number of hydrogen-bond acceptors (Lipinski definition) is 3. The standard InChI is InChI=1S/C16H30F3N3/c1-11(2)15(10-21-8-12(3)20)22-9-13-4-6-14(7-5-13)16(17,18)19/h8,11-15,22H,4-7,9-10,20H2,1-3H3/t12?,13?,14?,15-/m1/s1. The van der Waals surface area contributed by atoms with Crippen LogP contribution in [0.1, 0.15) is 46.5 Å². The van der Waals surface area contributed by atoms with Crippen molar-refractivity contribution in [3.8, 4) is 0 Å². The summed E-state index contributed by atoms with van der Waals surface area (Å²) in [4.78, 5) is 4.34. The van der Waals surface area contributed by atoms with Crippen LogP contribution in [-0.4, -0.2) is 37.6 Å². The molecule has 1 aliphatic carbocycles. The molecule has 1 rings (SSSR count). The van der Waals surface area contributed by atoms with E-state index < -0.39 is 12.1 Å². The van der Waals surface area contributed by atoms with E-state index in [0.717, 1.165) is 6.54 Å². The number of nitrogens with two attached hydrogens (primary N) is 1. The first-order valence-electron chi connectivity index (χ1n) is 8.25. The molecule has 22 heavy (non-hydrogen) atoms. The molecule has 0 radical (unpaired) electrons. The monoisotopic (exact) mass is 321 g/mol. The Balaban J connectivity index is 2.34. The Morgan fingerprint density at radius 1 is 1.18 bits per heavy atom. The summed E-state index contributed by atoms with van der Waals surface area (Å²) < 4.78 is 38.0. The molecule has 2 atom stereocenters. The molecule has 0 amide bonds. The van der Waals surface area contributed by atoms with Crippen LogP contribution in [0, 0.1) is 17.8 Å². The maximum absolute atomic E-state index is 12.7. The van der Waals surface area contributed by atoms with Gasteiger partial charge < -0.3 is 11.1 Å². The molecular weight excluding hydrogens is 291 g/mol. The Kier molecular flexibility index (Phi) is 7.83. The van der Waals surface area contributed by atoms with Gasteiger partial charge in [0, 0.05) is 18.3 Å². The summed E-state index contributed by atoms with van der Waals surface area (Å²) in [5.74, 6) is -0.325. The van der Waals surface area contributed by atoms with E-state index in [-0.39, 0.29) is 24.9 Å². The van der Waals surface area contributed by atoms with Crippen molar-refractivity contribution in [3.63, 3.8) is 0 Å². The van der Waals surface area contributed by atoms with Crippen LogP contribution in [0.5, 0.6) is 0 Å². The van der Waals surface area contributed by atoms with Crippen molar-refractivity contribution in [1.82, 2.24) is 5.32 Å². The molecule has 0 aromatic heterocycles. The van der Waals surface area contributed by atoms with Gasteiger partial charge in [0.15, 0.2) is 0 Å². The Labute approximate surface area is 131 Å². The van der Waals surface area contributed by atoms with Crippen LogP contribution in [0.15, 0.2) is 4.99 Å². The van der Waals surface area contributed by atoms with Gasteiger partial charge in [0.2, 0.25) is 0 Å². The molecule has 130 valence electrons. The lowest BCUT2D eigenvalue weighted by molar-refractivity contribution is -0.183. The number of nitrogens with zero attached hydrogens (tertiary/aromatic N) is 1. The van der Waals surface area contributed by atoms with Crippen molar-refractivity contribution >= 4 is 6.21 Å². The van der Waals surface area contributed by atoms with Crippen molar-refractivity contribution in [2.45, 2.75) is 64.7 Å². The molecule has 0 bridgehead atoms. The van der Waals surface area contributed by atoms with Crippen LogP contribution in [0.4, 0.5) is 13.2 Å². The summed E-state index contributed by atoms with van der Waals surface area (Å²) in [5.41, 5.74) is 5.63. The van der Waals surface area contributed by atoms with Gasteiger partial charge in [-0.1, -0.05) is 13.8 Å². The molecular formula is C16H30F3N3. The van der Waals surface area contributed by atoms with Crippen LogP contribution in [0.25, 0.3) is 0 Å². The lowest BCUT2D eigenvalue weighted by Gasteiger charge is -2.31. The molecule has 0 saturated heterocycles. The molecule has 3 nitrogen and oxygen atoms in total. The van der Waals surface area contributed by atoms with Crippen LogP contribution in [-0.2, 0) is 0 Å². The zero-order valence-corrected chi connectivity index (χ0v) is 13.9. The number of nitrogens with one attached hydrogen (secondary N) is 1. The zero-order chi connectivity index (χ0) is 16.8. The molecule has 1 aliphatic rings. The molecule has 0 aromatic carbocycles. The quantitative estimate of drug-likeness (QED) is 0.706. The molecule has 3 N–H and O–H groups in total. The Hall–Kier alpha value is -0.620. The first kappa shape index (κ1) is 19.4. The molecule has 0 spiro atoms. The van der Waals surface area contributed by atoms with Gasteiger partial charge in [-0.3, -0.25) is 4.99 Å². The second-order valence-electron chi connectivity index (χ2n) is 6.89. The molecule has 0 aliphatic heterocycles. The third kappa shape index (κ3) is 7.09. The number of alkyl halides is 3. The van der Waals surface area contributed by atoms with Crippen molar-refractivity contribution in [1.29, 1.82) is 0 Å². The van der Waals surface area contributed by atoms with E-state index in [1.54, 1.807) is 6.21 Å².